The van der Waals surface area contributed by atoms with E-state index in [4.69, 9.17) is 4.74 Å². The van der Waals surface area contributed by atoms with E-state index in [-0.39, 0.29) is 17.7 Å². The summed E-state index contributed by atoms with van der Waals surface area (Å²) >= 11 is 0. The van der Waals surface area contributed by atoms with E-state index in [0.717, 1.165) is 61.2 Å². The molecule has 2 aromatic rings. The molecule has 0 aliphatic carbocycles. The molecule has 1 fully saturated rings. The van der Waals surface area contributed by atoms with Crippen LogP contribution in [-0.4, -0.2) is 42.9 Å². The van der Waals surface area contributed by atoms with E-state index in [0.29, 0.717) is 13.2 Å². The van der Waals surface area contributed by atoms with Gasteiger partial charge in [0.1, 0.15) is 11.5 Å². The first kappa shape index (κ1) is 27.8. The van der Waals surface area contributed by atoms with Crippen molar-refractivity contribution in [2.45, 2.75) is 72.3 Å². The standard InChI is InChI=1S/C28H37F3N2O3/c1-20-6-7-21(2)25(18-20)35-17-5-14-27(3,4)26(34)32-23-12-15-33(16-13-23)19-22-8-10-24(11-9-22)36-28(29,30)31/h6-11,18,23H,5,12-17,19H2,1-4H3,(H,32,34). The highest BCUT2D eigenvalue weighted by Crippen LogP contribution is 2.26. The van der Waals surface area contributed by atoms with Gasteiger partial charge in [-0.25, -0.2) is 0 Å². The van der Waals surface area contributed by atoms with E-state index < -0.39 is 11.8 Å². The zero-order valence-corrected chi connectivity index (χ0v) is 21.6. The number of ether oxygens (including phenoxy) is 2. The number of piperidine rings is 1. The third-order valence-electron chi connectivity index (χ3n) is 6.65. The van der Waals surface area contributed by atoms with Gasteiger partial charge in [0.15, 0.2) is 0 Å². The first-order chi connectivity index (χ1) is 16.9. The number of rotatable bonds is 10. The molecular formula is C28H37F3N2O3. The molecule has 0 bridgehead atoms. The second-order valence-electron chi connectivity index (χ2n) is 10.3. The summed E-state index contributed by atoms with van der Waals surface area (Å²) in [5.41, 5.74) is 2.71. The average molecular weight is 507 g/mol. The molecule has 1 saturated heterocycles. The van der Waals surface area contributed by atoms with Crippen molar-refractivity contribution >= 4 is 5.91 Å². The molecule has 36 heavy (non-hydrogen) atoms. The van der Waals surface area contributed by atoms with Gasteiger partial charge in [-0.1, -0.05) is 38.1 Å². The number of hydrogen-bond acceptors (Lipinski definition) is 4. The molecule has 1 amide bonds. The Labute approximate surface area is 212 Å². The normalized spacial score (nSPS) is 15.5. The van der Waals surface area contributed by atoms with Crippen LogP contribution in [-0.2, 0) is 11.3 Å². The molecule has 1 aliphatic rings. The number of aryl methyl sites for hydroxylation is 2. The van der Waals surface area contributed by atoms with Gasteiger partial charge in [0.05, 0.1) is 6.61 Å². The summed E-state index contributed by atoms with van der Waals surface area (Å²) in [5, 5.41) is 3.22. The lowest BCUT2D eigenvalue weighted by molar-refractivity contribution is -0.274. The summed E-state index contributed by atoms with van der Waals surface area (Å²) in [6.07, 6.45) is -1.48. The minimum atomic E-state index is -4.68. The van der Waals surface area contributed by atoms with Gasteiger partial charge in [0.2, 0.25) is 5.91 Å². The molecule has 0 aromatic heterocycles. The van der Waals surface area contributed by atoms with E-state index in [1.807, 2.05) is 33.8 Å². The molecule has 0 saturated carbocycles. The Bertz CT molecular complexity index is 998. The number of hydrogen-bond donors (Lipinski definition) is 1. The SMILES string of the molecule is Cc1ccc(C)c(OCCCC(C)(C)C(=O)NC2CCN(Cc3ccc(OC(F)(F)F)cc3)CC2)c1. The van der Waals surface area contributed by atoms with Crippen LogP contribution in [0.25, 0.3) is 0 Å². The minimum Gasteiger partial charge on any atom is -0.493 e. The van der Waals surface area contributed by atoms with Crippen LogP contribution in [0, 0.1) is 19.3 Å². The highest BCUT2D eigenvalue weighted by Gasteiger charge is 2.31. The zero-order chi connectivity index (χ0) is 26.3. The van der Waals surface area contributed by atoms with E-state index >= 15 is 0 Å². The summed E-state index contributed by atoms with van der Waals surface area (Å²) in [5.74, 6) is 0.745. The largest absolute Gasteiger partial charge is 0.573 e. The van der Waals surface area contributed by atoms with E-state index in [9.17, 15) is 18.0 Å². The minimum absolute atomic E-state index is 0.0629. The van der Waals surface area contributed by atoms with Crippen LogP contribution >= 0.6 is 0 Å². The monoisotopic (exact) mass is 506 g/mol. The Morgan fingerprint density at radius 3 is 2.36 bits per heavy atom. The van der Waals surface area contributed by atoms with Crippen LogP contribution in [0.5, 0.6) is 11.5 Å². The number of nitrogens with one attached hydrogen (secondary N) is 1. The van der Waals surface area contributed by atoms with Gasteiger partial charge in [0.25, 0.3) is 0 Å². The fourth-order valence-corrected chi connectivity index (χ4v) is 4.34. The predicted octanol–water partition coefficient (Wildman–Crippen LogP) is 6.17. The number of nitrogens with zero attached hydrogens (tertiary/aromatic N) is 1. The first-order valence-corrected chi connectivity index (χ1v) is 12.5. The average Bonchev–Trinajstić information content (AvgIpc) is 2.80. The van der Waals surface area contributed by atoms with E-state index in [1.54, 1.807) is 12.1 Å². The fraction of sp³-hybridized carbons (Fsp3) is 0.536. The maximum Gasteiger partial charge on any atom is 0.573 e. The van der Waals surface area contributed by atoms with Crippen molar-refractivity contribution in [3.8, 4) is 11.5 Å². The molecule has 1 N–H and O–H groups in total. The lowest BCUT2D eigenvalue weighted by Crippen LogP contribution is -2.48. The highest BCUT2D eigenvalue weighted by molar-refractivity contribution is 5.82. The molecule has 198 valence electrons. The molecule has 0 spiro atoms. The smallest absolute Gasteiger partial charge is 0.493 e. The summed E-state index contributed by atoms with van der Waals surface area (Å²) in [6.45, 7) is 10.9. The molecule has 3 rings (SSSR count). The van der Waals surface area contributed by atoms with Gasteiger partial charge >= 0.3 is 6.36 Å². The van der Waals surface area contributed by atoms with Crippen molar-refractivity contribution in [2.24, 2.45) is 5.41 Å². The number of halogens is 3. The second kappa shape index (κ2) is 12.0. The van der Waals surface area contributed by atoms with Crippen molar-refractivity contribution in [2.75, 3.05) is 19.7 Å². The van der Waals surface area contributed by atoms with Crippen molar-refractivity contribution in [1.82, 2.24) is 10.2 Å². The van der Waals surface area contributed by atoms with Gasteiger partial charge < -0.3 is 14.8 Å². The molecule has 5 nitrogen and oxygen atoms in total. The molecule has 2 aromatic carbocycles. The number of carbonyl (C=O) groups excluding carboxylic acids is 1. The Kier molecular flexibility index (Phi) is 9.28. The lowest BCUT2D eigenvalue weighted by atomic mass is 9.86. The van der Waals surface area contributed by atoms with Gasteiger partial charge in [-0.15, -0.1) is 13.2 Å². The number of carbonyl (C=O) groups is 1. The van der Waals surface area contributed by atoms with Crippen LogP contribution in [0.2, 0.25) is 0 Å². The van der Waals surface area contributed by atoms with E-state index in [1.165, 1.54) is 12.1 Å². The van der Waals surface area contributed by atoms with Crippen LogP contribution in [0.3, 0.4) is 0 Å². The Balaban J connectivity index is 1.37. The van der Waals surface area contributed by atoms with Crippen molar-refractivity contribution in [1.29, 1.82) is 0 Å². The van der Waals surface area contributed by atoms with Crippen molar-refractivity contribution in [3.63, 3.8) is 0 Å². The highest BCUT2D eigenvalue weighted by atomic mass is 19.4. The van der Waals surface area contributed by atoms with Crippen molar-refractivity contribution < 1.29 is 27.4 Å². The van der Waals surface area contributed by atoms with Crippen LogP contribution in [0.1, 0.15) is 56.2 Å². The number of alkyl halides is 3. The lowest BCUT2D eigenvalue weighted by Gasteiger charge is -2.34. The fourth-order valence-electron chi connectivity index (χ4n) is 4.34. The molecule has 0 unspecified atom stereocenters. The van der Waals surface area contributed by atoms with E-state index in [2.05, 4.69) is 27.1 Å². The Morgan fingerprint density at radius 1 is 1.06 bits per heavy atom. The molecule has 8 heteroatoms. The van der Waals surface area contributed by atoms with Gasteiger partial charge in [-0.2, -0.15) is 0 Å². The van der Waals surface area contributed by atoms with Gasteiger partial charge in [-0.05, 0) is 74.4 Å². The topological polar surface area (TPSA) is 50.8 Å². The summed E-state index contributed by atoms with van der Waals surface area (Å²) in [7, 11) is 0. The summed E-state index contributed by atoms with van der Waals surface area (Å²) < 4.78 is 46.8. The van der Waals surface area contributed by atoms with Gasteiger partial charge in [-0.3, -0.25) is 9.69 Å². The molecular weight excluding hydrogens is 469 g/mol. The zero-order valence-electron chi connectivity index (χ0n) is 21.6. The third-order valence-corrected chi connectivity index (χ3v) is 6.65. The maximum absolute atomic E-state index is 12.9. The molecule has 1 heterocycles. The van der Waals surface area contributed by atoms with Gasteiger partial charge in [0, 0.05) is 31.1 Å². The quantitative estimate of drug-likeness (QED) is 0.392. The number of likely N-dealkylation sites (tertiary alicyclic amines) is 1. The molecule has 0 radical (unpaired) electrons. The first-order valence-electron chi connectivity index (χ1n) is 12.5. The summed E-state index contributed by atoms with van der Waals surface area (Å²) in [4.78, 5) is 15.2. The molecule has 0 atom stereocenters. The third kappa shape index (κ3) is 8.73. The van der Waals surface area contributed by atoms with Crippen molar-refractivity contribution in [3.05, 3.63) is 59.2 Å². The molecule has 1 aliphatic heterocycles. The number of benzene rings is 2. The van der Waals surface area contributed by atoms with Crippen LogP contribution in [0.4, 0.5) is 13.2 Å². The maximum atomic E-state index is 12.9. The Hall–Kier alpha value is -2.74. The second-order valence-corrected chi connectivity index (χ2v) is 10.3. The number of amides is 1. The predicted molar refractivity (Wildman–Crippen MR) is 134 cm³/mol. The summed E-state index contributed by atoms with van der Waals surface area (Å²) in [6, 6.07) is 12.3. The van der Waals surface area contributed by atoms with Crippen LogP contribution < -0.4 is 14.8 Å². The van der Waals surface area contributed by atoms with Crippen LogP contribution in [0.15, 0.2) is 42.5 Å². The Morgan fingerprint density at radius 2 is 1.72 bits per heavy atom.